The van der Waals surface area contributed by atoms with Crippen molar-refractivity contribution >= 4 is 0 Å². The fraction of sp³-hybridized carbons (Fsp3) is 0.889. The molecule has 4 rings (SSSR count). The Morgan fingerprint density at radius 2 is 0.974 bits per heavy atom. The zero-order valence-electron chi connectivity index (χ0n) is 27.3. The zero-order chi connectivity index (χ0) is 28.8. The highest BCUT2D eigenvalue weighted by atomic mass is 16.3. The van der Waals surface area contributed by atoms with Crippen molar-refractivity contribution in [2.75, 3.05) is 0 Å². The predicted molar refractivity (Wildman–Crippen MR) is 164 cm³/mol. The molecule has 0 radical (unpaired) electrons. The Hall–Kier alpha value is -0.600. The highest BCUT2D eigenvalue weighted by Crippen LogP contribution is 2.59. The summed E-state index contributed by atoms with van der Waals surface area (Å²) in [6.07, 6.45) is 13.2. The molecule has 2 nitrogen and oxygen atoms in total. The zero-order valence-corrected chi connectivity index (χ0v) is 27.3. The predicted octanol–water partition coefficient (Wildman–Crippen LogP) is 9.60. The molecule has 4 aliphatic carbocycles. The summed E-state index contributed by atoms with van der Waals surface area (Å²) in [4.78, 5) is 0. The van der Waals surface area contributed by atoms with Crippen LogP contribution >= 0.6 is 0 Å². The molecule has 7 unspecified atom stereocenters. The van der Waals surface area contributed by atoms with Crippen LogP contribution in [0.3, 0.4) is 0 Å². The Bertz CT molecular complexity index is 793. The molecule has 4 aliphatic rings. The van der Waals surface area contributed by atoms with E-state index in [-0.39, 0.29) is 12.2 Å². The van der Waals surface area contributed by atoms with E-state index in [1.165, 1.54) is 12.8 Å². The van der Waals surface area contributed by atoms with Gasteiger partial charge < -0.3 is 10.2 Å². The van der Waals surface area contributed by atoms with Crippen molar-refractivity contribution in [1.29, 1.82) is 0 Å². The topological polar surface area (TPSA) is 40.5 Å². The first-order valence-electron chi connectivity index (χ1n) is 16.1. The summed E-state index contributed by atoms with van der Waals surface area (Å²) in [6, 6.07) is 0. The van der Waals surface area contributed by atoms with E-state index in [9.17, 15) is 10.2 Å². The largest absolute Gasteiger partial charge is 0.393 e. The smallest absolute Gasteiger partial charge is 0.0577 e. The number of allylic oxidation sites excluding steroid dienone is 2. The summed E-state index contributed by atoms with van der Waals surface area (Å²) in [5.41, 5.74) is 4.48. The third-order valence-electron chi connectivity index (χ3n) is 11.6. The van der Waals surface area contributed by atoms with Crippen molar-refractivity contribution in [2.45, 2.75) is 147 Å². The molecule has 38 heavy (non-hydrogen) atoms. The fourth-order valence-electron chi connectivity index (χ4n) is 9.73. The number of aliphatic hydroxyl groups excluding tert-OH is 2. The molecule has 2 heteroatoms. The normalized spacial score (nSPS) is 40.0. The van der Waals surface area contributed by atoms with Gasteiger partial charge >= 0.3 is 0 Å². The molecule has 2 saturated carbocycles. The molecule has 0 spiro atoms. The number of hydrogen-bond donors (Lipinski definition) is 2. The average molecular weight is 529 g/mol. The van der Waals surface area contributed by atoms with E-state index in [0.29, 0.717) is 33.5 Å². The van der Waals surface area contributed by atoms with Gasteiger partial charge in [0, 0.05) is 0 Å². The van der Waals surface area contributed by atoms with E-state index < -0.39 is 0 Å². The van der Waals surface area contributed by atoms with E-state index >= 15 is 0 Å². The molecule has 220 valence electrons. The van der Waals surface area contributed by atoms with Crippen LogP contribution in [0.4, 0.5) is 0 Å². The first kappa shape index (κ1) is 31.9. The number of rotatable bonds is 2. The van der Waals surface area contributed by atoms with Gasteiger partial charge in [-0.1, -0.05) is 106 Å². The molecule has 0 saturated heterocycles. The van der Waals surface area contributed by atoms with Gasteiger partial charge in [0.2, 0.25) is 0 Å². The minimum atomic E-state index is -0.0988. The Balaban J connectivity index is 0.000000211. The summed E-state index contributed by atoms with van der Waals surface area (Å²) in [6.45, 7) is 28.9. The molecule has 0 aliphatic heterocycles. The second-order valence-corrected chi connectivity index (χ2v) is 17.0. The van der Waals surface area contributed by atoms with Crippen LogP contribution < -0.4 is 0 Å². The lowest BCUT2D eigenvalue weighted by atomic mass is 9.50. The van der Waals surface area contributed by atoms with Crippen LogP contribution in [0.15, 0.2) is 23.3 Å². The van der Waals surface area contributed by atoms with Gasteiger partial charge in [-0.3, -0.25) is 0 Å². The van der Waals surface area contributed by atoms with Crippen LogP contribution in [0.25, 0.3) is 0 Å². The van der Waals surface area contributed by atoms with Crippen LogP contribution in [0.5, 0.6) is 0 Å². The standard InChI is InChI=1S/2C18H32O/c2*1-12(2)16-15(17(3,4)5)8-7-13-11-14(19)9-10-18(13,16)6/h2*7,12,14-16,19H,8-11H2,1-6H3/t14-,15?,16?,18?;/m0./s1. The summed E-state index contributed by atoms with van der Waals surface area (Å²) in [5, 5.41) is 19.9. The van der Waals surface area contributed by atoms with Crippen molar-refractivity contribution in [2.24, 2.45) is 57.2 Å². The van der Waals surface area contributed by atoms with E-state index in [4.69, 9.17) is 0 Å². The average Bonchev–Trinajstić information content (AvgIpc) is 2.77. The van der Waals surface area contributed by atoms with Crippen LogP contribution in [-0.4, -0.2) is 22.4 Å². The van der Waals surface area contributed by atoms with Crippen molar-refractivity contribution in [3.63, 3.8) is 0 Å². The highest BCUT2D eigenvalue weighted by molar-refractivity contribution is 5.25. The second-order valence-electron chi connectivity index (χ2n) is 17.0. The maximum absolute atomic E-state index is 9.97. The van der Waals surface area contributed by atoms with Crippen molar-refractivity contribution in [3.05, 3.63) is 23.3 Å². The molecule has 0 bridgehead atoms. The third-order valence-corrected chi connectivity index (χ3v) is 11.6. The Labute approximate surface area is 237 Å². The van der Waals surface area contributed by atoms with E-state index in [2.05, 4.69) is 95.2 Å². The first-order chi connectivity index (χ1) is 17.3. The van der Waals surface area contributed by atoms with Gasteiger partial charge in [-0.05, 0) is 109 Å². The SMILES string of the molecule is CC(C)C1C(C(C)(C)C)CC=C2CC(O)CCC21C.CC(C)C1C(C(C)(C)C)CC=C2C[C@@H](O)CCC21C. The molecular formula is C36H64O2. The van der Waals surface area contributed by atoms with Gasteiger partial charge in [0.25, 0.3) is 0 Å². The van der Waals surface area contributed by atoms with E-state index in [1.807, 2.05) is 0 Å². The van der Waals surface area contributed by atoms with Gasteiger partial charge in [-0.15, -0.1) is 0 Å². The number of fused-ring (bicyclic) bond motifs is 2. The lowest BCUT2D eigenvalue weighted by Gasteiger charge is -2.55. The van der Waals surface area contributed by atoms with E-state index in [1.54, 1.807) is 11.1 Å². The molecular weight excluding hydrogens is 464 g/mol. The number of hydrogen-bond acceptors (Lipinski definition) is 2. The monoisotopic (exact) mass is 528 g/mol. The highest BCUT2D eigenvalue weighted by Gasteiger charge is 2.51. The quantitative estimate of drug-likeness (QED) is 0.350. The fourth-order valence-corrected chi connectivity index (χ4v) is 9.73. The van der Waals surface area contributed by atoms with Crippen LogP contribution in [0.2, 0.25) is 0 Å². The van der Waals surface area contributed by atoms with Crippen molar-refractivity contribution in [3.8, 4) is 0 Å². The second kappa shape index (κ2) is 11.3. The van der Waals surface area contributed by atoms with Gasteiger partial charge in [0.15, 0.2) is 0 Å². The Kier molecular flexibility index (Phi) is 9.53. The van der Waals surface area contributed by atoms with Gasteiger partial charge in [0.05, 0.1) is 12.2 Å². The van der Waals surface area contributed by atoms with Crippen LogP contribution in [-0.2, 0) is 0 Å². The van der Waals surface area contributed by atoms with Crippen LogP contribution in [0.1, 0.15) is 134 Å². The van der Waals surface area contributed by atoms with Crippen LogP contribution in [0, 0.1) is 57.2 Å². The molecule has 8 atom stereocenters. The molecule has 2 fully saturated rings. The van der Waals surface area contributed by atoms with Gasteiger partial charge in [-0.2, -0.15) is 0 Å². The minimum absolute atomic E-state index is 0.0988. The van der Waals surface area contributed by atoms with E-state index in [0.717, 1.165) is 62.2 Å². The molecule has 0 amide bonds. The van der Waals surface area contributed by atoms with Gasteiger partial charge in [0.1, 0.15) is 0 Å². The molecule has 0 heterocycles. The maximum atomic E-state index is 9.97. The third kappa shape index (κ3) is 6.32. The lowest BCUT2D eigenvalue weighted by molar-refractivity contribution is -0.00874. The Morgan fingerprint density at radius 3 is 1.24 bits per heavy atom. The maximum Gasteiger partial charge on any atom is 0.0577 e. The molecule has 0 aromatic rings. The minimum Gasteiger partial charge on any atom is -0.393 e. The molecule has 0 aromatic carbocycles. The summed E-state index contributed by atoms with van der Waals surface area (Å²) in [7, 11) is 0. The summed E-state index contributed by atoms with van der Waals surface area (Å²) < 4.78 is 0. The molecule has 2 N–H and O–H groups in total. The number of aliphatic hydroxyl groups is 2. The lowest BCUT2D eigenvalue weighted by Crippen LogP contribution is -2.47. The van der Waals surface area contributed by atoms with Gasteiger partial charge in [-0.25, -0.2) is 0 Å². The molecule has 0 aromatic heterocycles. The summed E-state index contributed by atoms with van der Waals surface area (Å²) >= 11 is 0. The first-order valence-corrected chi connectivity index (χ1v) is 16.1. The van der Waals surface area contributed by atoms with Crippen molar-refractivity contribution < 1.29 is 10.2 Å². The Morgan fingerprint density at radius 1 is 0.658 bits per heavy atom. The summed E-state index contributed by atoms with van der Waals surface area (Å²) in [5.74, 6) is 4.45. The van der Waals surface area contributed by atoms with Crippen molar-refractivity contribution in [1.82, 2.24) is 0 Å².